The number of aryl methyl sites for hydroxylation is 1. The van der Waals surface area contributed by atoms with Crippen LogP contribution in [0.3, 0.4) is 0 Å². The summed E-state index contributed by atoms with van der Waals surface area (Å²) in [4.78, 5) is 18.0. The number of allylic oxidation sites excluding steroid dienone is 1. The first kappa shape index (κ1) is 32.8. The summed E-state index contributed by atoms with van der Waals surface area (Å²) in [5, 5.41) is 0.0255. The van der Waals surface area contributed by atoms with E-state index in [1.165, 1.54) is 17.5 Å². The molecule has 6 atom stereocenters. The third kappa shape index (κ3) is 7.29. The zero-order valence-electron chi connectivity index (χ0n) is 26.8. The molecule has 2 aromatic carbocycles. The molecule has 2 bridgehead atoms. The Morgan fingerprint density at radius 3 is 2.59 bits per heavy atom. The third-order valence-corrected chi connectivity index (χ3v) is 12.1. The largest absolute Gasteiger partial charge is 0.491 e. The van der Waals surface area contributed by atoms with Gasteiger partial charge in [-0.05, 0) is 112 Å². The molecular weight excluding hydrogens is 594 g/mol. The van der Waals surface area contributed by atoms with Crippen LogP contribution in [0.2, 0.25) is 5.02 Å². The Morgan fingerprint density at radius 2 is 1.89 bits per heavy atom. The molecule has 0 aromatic heterocycles. The summed E-state index contributed by atoms with van der Waals surface area (Å²) < 4.78 is 35.4. The zero-order chi connectivity index (χ0) is 31.6. The number of carbonyl (C=O) groups excluding carboxylic acids is 1. The van der Waals surface area contributed by atoms with Gasteiger partial charge >= 0.3 is 0 Å². The van der Waals surface area contributed by atoms with Crippen LogP contribution in [0.25, 0.3) is 0 Å². The van der Waals surface area contributed by atoms with Crippen LogP contribution in [-0.4, -0.2) is 64.8 Å². The van der Waals surface area contributed by atoms with Gasteiger partial charge in [-0.3, -0.25) is 4.79 Å². The molecule has 2 heterocycles. The average molecular weight is 642 g/mol. The smallest absolute Gasteiger partial charge is 0.264 e. The Labute approximate surface area is 269 Å². The minimum Gasteiger partial charge on any atom is -0.491 e. The molecule has 2 aliphatic heterocycles. The standard InChI is InChI=1S/C35H48ClN3O4S/c1-6-8-25-17-30(36)13-15-31(25)29-21-39-20-28-11-14-32(28)27(19-38(4)5)10-7-9-23(2)24(3)44(41,42)37-35(40)26-12-16-34(43-22-29)33(39)18-26/h7,10,12-13,15-18,23-24,27-29,32H,6,8-9,11,14,19-22H2,1-5H3,(H,37,40)/b10-7+. The quantitative estimate of drug-likeness (QED) is 0.375. The van der Waals surface area contributed by atoms with Crippen LogP contribution in [0.1, 0.15) is 73.9 Å². The summed E-state index contributed by atoms with van der Waals surface area (Å²) in [6.07, 6.45) is 9.43. The van der Waals surface area contributed by atoms with Crippen LogP contribution < -0.4 is 14.4 Å². The highest BCUT2D eigenvalue weighted by Gasteiger charge is 2.39. The van der Waals surface area contributed by atoms with Gasteiger partial charge in [0.05, 0.1) is 17.5 Å². The Hall–Kier alpha value is -2.55. The summed E-state index contributed by atoms with van der Waals surface area (Å²) in [5.41, 5.74) is 3.67. The molecule has 1 fully saturated rings. The highest BCUT2D eigenvalue weighted by Crippen LogP contribution is 2.44. The summed E-state index contributed by atoms with van der Waals surface area (Å²) in [5.74, 6) is 1.50. The van der Waals surface area contributed by atoms with E-state index in [-0.39, 0.29) is 11.8 Å². The lowest BCUT2D eigenvalue weighted by atomic mass is 9.66. The van der Waals surface area contributed by atoms with E-state index in [0.29, 0.717) is 36.3 Å². The van der Waals surface area contributed by atoms with Gasteiger partial charge in [-0.2, -0.15) is 0 Å². The second-order valence-electron chi connectivity index (χ2n) is 13.4. The van der Waals surface area contributed by atoms with Crippen LogP contribution in [0, 0.1) is 23.7 Å². The summed E-state index contributed by atoms with van der Waals surface area (Å²) in [7, 11) is 0.366. The first-order chi connectivity index (χ1) is 21.0. The number of ether oxygens (including phenoxy) is 1. The molecule has 2 aromatic rings. The van der Waals surface area contributed by atoms with Crippen molar-refractivity contribution in [3.63, 3.8) is 0 Å². The van der Waals surface area contributed by atoms with Gasteiger partial charge < -0.3 is 14.5 Å². The molecule has 44 heavy (non-hydrogen) atoms. The van der Waals surface area contributed by atoms with Crippen molar-refractivity contribution in [2.24, 2.45) is 23.7 Å². The molecule has 1 aliphatic carbocycles. The van der Waals surface area contributed by atoms with E-state index in [0.717, 1.165) is 55.4 Å². The average Bonchev–Trinajstić information content (AvgIpc) is 3.13. The van der Waals surface area contributed by atoms with Crippen molar-refractivity contribution >= 4 is 33.2 Å². The molecule has 240 valence electrons. The van der Waals surface area contributed by atoms with Crippen LogP contribution in [0.5, 0.6) is 5.75 Å². The number of amides is 1. The number of hydrogen-bond donors (Lipinski definition) is 1. The molecule has 0 radical (unpaired) electrons. The van der Waals surface area contributed by atoms with Gasteiger partial charge in [0, 0.05) is 36.1 Å². The number of nitrogens with zero attached hydrogens (tertiary/aromatic N) is 2. The first-order valence-corrected chi connectivity index (χ1v) is 18.1. The molecule has 5 rings (SSSR count). The number of sulfonamides is 1. The summed E-state index contributed by atoms with van der Waals surface area (Å²) >= 11 is 6.42. The zero-order valence-corrected chi connectivity index (χ0v) is 28.3. The molecule has 9 heteroatoms. The number of rotatable bonds is 5. The number of carbonyl (C=O) groups is 1. The molecule has 3 aliphatic rings. The van der Waals surface area contributed by atoms with Crippen molar-refractivity contribution in [2.75, 3.05) is 45.2 Å². The van der Waals surface area contributed by atoms with Gasteiger partial charge in [-0.15, -0.1) is 0 Å². The number of halogens is 1. The van der Waals surface area contributed by atoms with E-state index in [9.17, 15) is 13.2 Å². The topological polar surface area (TPSA) is 79.0 Å². The maximum absolute atomic E-state index is 13.4. The van der Waals surface area contributed by atoms with Crippen LogP contribution in [-0.2, 0) is 16.4 Å². The highest BCUT2D eigenvalue weighted by atomic mass is 35.5. The second kappa shape index (κ2) is 13.8. The number of nitrogens with one attached hydrogen (secondary N) is 1. The van der Waals surface area contributed by atoms with E-state index in [1.807, 2.05) is 25.1 Å². The van der Waals surface area contributed by atoms with Crippen LogP contribution in [0.4, 0.5) is 5.69 Å². The Kier molecular flexibility index (Phi) is 10.3. The van der Waals surface area contributed by atoms with E-state index < -0.39 is 21.2 Å². The minimum atomic E-state index is -3.87. The molecule has 1 saturated carbocycles. The predicted molar refractivity (Wildman–Crippen MR) is 179 cm³/mol. The van der Waals surface area contributed by atoms with Crippen molar-refractivity contribution < 1.29 is 17.9 Å². The van der Waals surface area contributed by atoms with Crippen molar-refractivity contribution in [3.8, 4) is 5.75 Å². The minimum absolute atomic E-state index is 0.114. The van der Waals surface area contributed by atoms with E-state index in [2.05, 4.69) is 59.8 Å². The Bertz CT molecular complexity index is 1480. The molecule has 1 amide bonds. The normalized spacial score (nSPS) is 29.5. The Balaban J connectivity index is 1.56. The molecule has 0 spiro atoms. The molecule has 7 nitrogen and oxygen atoms in total. The maximum Gasteiger partial charge on any atom is 0.264 e. The molecular formula is C35H48ClN3O4S. The fraction of sp³-hybridized carbons (Fsp3) is 0.571. The number of fused-ring (bicyclic) bond motifs is 2. The van der Waals surface area contributed by atoms with Crippen molar-refractivity contribution in [1.29, 1.82) is 0 Å². The van der Waals surface area contributed by atoms with Gasteiger partial charge in [0.2, 0.25) is 10.0 Å². The maximum atomic E-state index is 13.4. The van der Waals surface area contributed by atoms with Gasteiger partial charge in [-0.1, -0.05) is 50.1 Å². The SMILES string of the molecule is CCCc1cc(Cl)ccc1C1COc2ccc3cc2N(C1)CC1CCC1C(CN(C)C)/C=C/CC(C)C(C)S(=O)(=O)NC3=O. The Morgan fingerprint density at radius 1 is 1.09 bits per heavy atom. The fourth-order valence-corrected chi connectivity index (χ4v) is 8.61. The van der Waals surface area contributed by atoms with Gasteiger partial charge in [0.25, 0.3) is 5.91 Å². The van der Waals surface area contributed by atoms with E-state index in [1.54, 1.807) is 13.0 Å². The van der Waals surface area contributed by atoms with Crippen molar-refractivity contribution in [3.05, 3.63) is 70.3 Å². The fourth-order valence-electron chi connectivity index (χ4n) is 7.13. The van der Waals surface area contributed by atoms with Gasteiger partial charge in [0.1, 0.15) is 5.75 Å². The lowest BCUT2D eigenvalue weighted by molar-refractivity contribution is 0.0980. The van der Waals surface area contributed by atoms with Crippen LogP contribution in [0.15, 0.2) is 48.6 Å². The van der Waals surface area contributed by atoms with Gasteiger partial charge in [-0.25, -0.2) is 13.1 Å². The van der Waals surface area contributed by atoms with E-state index >= 15 is 0 Å². The number of benzene rings is 2. The van der Waals surface area contributed by atoms with Crippen molar-refractivity contribution in [1.82, 2.24) is 9.62 Å². The second-order valence-corrected chi connectivity index (χ2v) is 15.9. The predicted octanol–water partition coefficient (Wildman–Crippen LogP) is 6.52. The third-order valence-electron chi connectivity index (χ3n) is 9.98. The monoisotopic (exact) mass is 641 g/mol. The summed E-state index contributed by atoms with van der Waals surface area (Å²) in [6, 6.07) is 11.5. The number of anilines is 1. The van der Waals surface area contributed by atoms with E-state index in [4.69, 9.17) is 16.3 Å². The van der Waals surface area contributed by atoms with Crippen LogP contribution >= 0.6 is 11.6 Å². The first-order valence-electron chi connectivity index (χ1n) is 16.1. The lowest BCUT2D eigenvalue weighted by Gasteiger charge is -2.45. The molecule has 6 unspecified atom stereocenters. The van der Waals surface area contributed by atoms with Gasteiger partial charge in [0.15, 0.2) is 0 Å². The molecule has 1 N–H and O–H groups in total. The lowest BCUT2D eigenvalue weighted by Crippen LogP contribution is -2.44. The summed E-state index contributed by atoms with van der Waals surface area (Å²) in [6.45, 7) is 8.86. The molecule has 0 saturated heterocycles. The number of hydrogen-bond acceptors (Lipinski definition) is 6. The van der Waals surface area contributed by atoms with Crippen molar-refractivity contribution in [2.45, 2.75) is 64.0 Å². The highest BCUT2D eigenvalue weighted by molar-refractivity contribution is 7.90.